The van der Waals surface area contributed by atoms with Gasteiger partial charge >= 0.3 is 5.97 Å². The number of likely N-dealkylation sites (N-methyl/N-ethyl adjacent to an activating group) is 1. The summed E-state index contributed by atoms with van der Waals surface area (Å²) in [6.07, 6.45) is 0. The van der Waals surface area contributed by atoms with Gasteiger partial charge in [0, 0.05) is 14.1 Å². The molecule has 80 valence electrons. The molecular formula is C7H14N4O3. The number of nitrogens with two attached hydrogens (primary N) is 1. The largest absolute Gasteiger partial charge is 0.480 e. The molecule has 0 atom stereocenters. The molecule has 0 rings (SSSR count). The average Bonchev–Trinajstić information content (AvgIpc) is 2.15. The Labute approximate surface area is 81.3 Å². The van der Waals surface area contributed by atoms with Gasteiger partial charge in [-0.1, -0.05) is 0 Å². The Balaban J connectivity index is 4.41. The van der Waals surface area contributed by atoms with Crippen molar-refractivity contribution in [3.63, 3.8) is 0 Å². The normalized spacial score (nSPS) is 11.3. The van der Waals surface area contributed by atoms with Crippen molar-refractivity contribution in [3.05, 3.63) is 11.5 Å². The van der Waals surface area contributed by atoms with Crippen molar-refractivity contribution in [2.24, 2.45) is 5.73 Å². The van der Waals surface area contributed by atoms with Crippen LogP contribution in [0.25, 0.3) is 0 Å². The first kappa shape index (κ1) is 12.1. The number of carbonyl (C=O) groups is 2. The standard InChI is InChI=1S/C7H14N4O3/c1-9-5(6(8)10-2)7(14)11-3-4(12)13/h9-10H,3,8H2,1-2H3,(H,11,14)(H,12,13)/b6-5+. The van der Waals surface area contributed by atoms with Crippen molar-refractivity contribution in [1.29, 1.82) is 0 Å². The summed E-state index contributed by atoms with van der Waals surface area (Å²) in [6, 6.07) is 0. The summed E-state index contributed by atoms with van der Waals surface area (Å²) in [5.74, 6) is -1.53. The molecule has 1 amide bonds. The molecule has 0 fully saturated rings. The number of aliphatic carboxylic acids is 1. The van der Waals surface area contributed by atoms with Crippen molar-refractivity contribution in [2.75, 3.05) is 20.6 Å². The molecule has 0 unspecified atom stereocenters. The van der Waals surface area contributed by atoms with Crippen LogP contribution < -0.4 is 21.7 Å². The van der Waals surface area contributed by atoms with Crippen molar-refractivity contribution < 1.29 is 14.7 Å². The van der Waals surface area contributed by atoms with Crippen LogP contribution in [-0.2, 0) is 9.59 Å². The highest BCUT2D eigenvalue weighted by atomic mass is 16.4. The van der Waals surface area contributed by atoms with E-state index in [1.165, 1.54) is 7.05 Å². The molecule has 0 aliphatic rings. The molecule has 0 aromatic heterocycles. The smallest absolute Gasteiger partial charge is 0.322 e. The Bertz CT molecular complexity index is 262. The van der Waals surface area contributed by atoms with Crippen LogP contribution in [0.15, 0.2) is 11.5 Å². The molecule has 0 aromatic carbocycles. The molecule has 0 aromatic rings. The van der Waals surface area contributed by atoms with Crippen LogP contribution in [0, 0.1) is 0 Å². The Morgan fingerprint density at radius 2 is 1.86 bits per heavy atom. The second-order valence-corrected chi connectivity index (χ2v) is 2.37. The summed E-state index contributed by atoms with van der Waals surface area (Å²) < 4.78 is 0. The second-order valence-electron chi connectivity index (χ2n) is 2.37. The van der Waals surface area contributed by atoms with Crippen LogP contribution in [0.1, 0.15) is 0 Å². The van der Waals surface area contributed by atoms with E-state index >= 15 is 0 Å². The van der Waals surface area contributed by atoms with Gasteiger partial charge in [0.05, 0.1) is 0 Å². The Morgan fingerprint density at radius 3 is 2.21 bits per heavy atom. The summed E-state index contributed by atoms with van der Waals surface area (Å²) in [5, 5.41) is 15.6. The van der Waals surface area contributed by atoms with Gasteiger partial charge in [0.1, 0.15) is 18.1 Å². The molecular weight excluding hydrogens is 188 g/mol. The predicted octanol–water partition coefficient (Wildman–Crippen LogP) is -2.25. The van der Waals surface area contributed by atoms with E-state index in [9.17, 15) is 9.59 Å². The highest BCUT2D eigenvalue weighted by molar-refractivity contribution is 5.94. The number of hydrogen-bond donors (Lipinski definition) is 5. The van der Waals surface area contributed by atoms with Gasteiger partial charge in [0.25, 0.3) is 5.91 Å². The van der Waals surface area contributed by atoms with E-state index in [2.05, 4.69) is 16.0 Å². The van der Waals surface area contributed by atoms with Crippen LogP contribution in [-0.4, -0.2) is 37.6 Å². The number of amides is 1. The number of hydrogen-bond acceptors (Lipinski definition) is 5. The van der Waals surface area contributed by atoms with Crippen molar-refractivity contribution >= 4 is 11.9 Å². The summed E-state index contributed by atoms with van der Waals surface area (Å²) in [7, 11) is 3.07. The van der Waals surface area contributed by atoms with Gasteiger partial charge < -0.3 is 26.8 Å². The maximum absolute atomic E-state index is 11.3. The number of nitrogens with one attached hydrogen (secondary N) is 3. The van der Waals surface area contributed by atoms with Gasteiger partial charge in [-0.2, -0.15) is 0 Å². The first-order valence-electron chi connectivity index (χ1n) is 3.88. The topological polar surface area (TPSA) is 116 Å². The third-order valence-electron chi connectivity index (χ3n) is 1.42. The first-order valence-corrected chi connectivity index (χ1v) is 3.88. The van der Waals surface area contributed by atoms with Gasteiger partial charge in [-0.25, -0.2) is 0 Å². The molecule has 0 radical (unpaired) electrons. The molecule has 0 saturated heterocycles. The van der Waals surface area contributed by atoms with Gasteiger partial charge in [-0.05, 0) is 0 Å². The predicted molar refractivity (Wildman–Crippen MR) is 50.0 cm³/mol. The zero-order chi connectivity index (χ0) is 11.1. The molecule has 7 nitrogen and oxygen atoms in total. The molecule has 0 spiro atoms. The summed E-state index contributed by atoms with van der Waals surface area (Å²) in [5.41, 5.74) is 5.54. The molecule has 0 aliphatic carbocycles. The third kappa shape index (κ3) is 3.65. The lowest BCUT2D eigenvalue weighted by Gasteiger charge is -2.10. The summed E-state index contributed by atoms with van der Waals surface area (Å²) in [6.45, 7) is -0.443. The lowest BCUT2D eigenvalue weighted by molar-refractivity contribution is -0.137. The fraction of sp³-hybridized carbons (Fsp3) is 0.429. The Hall–Kier alpha value is -1.92. The highest BCUT2D eigenvalue weighted by Crippen LogP contribution is 1.90. The zero-order valence-electron chi connectivity index (χ0n) is 8.05. The minimum Gasteiger partial charge on any atom is -0.480 e. The molecule has 7 heteroatoms. The highest BCUT2D eigenvalue weighted by Gasteiger charge is 2.11. The van der Waals surface area contributed by atoms with Gasteiger partial charge in [-0.15, -0.1) is 0 Å². The SMILES string of the molecule is CN/C(N)=C(/NC)C(=O)NCC(=O)O. The van der Waals surface area contributed by atoms with Gasteiger partial charge in [-0.3, -0.25) is 9.59 Å². The molecule has 0 aliphatic heterocycles. The van der Waals surface area contributed by atoms with Crippen LogP contribution in [0.4, 0.5) is 0 Å². The zero-order valence-corrected chi connectivity index (χ0v) is 8.05. The van der Waals surface area contributed by atoms with E-state index in [1.54, 1.807) is 7.05 Å². The molecule has 6 N–H and O–H groups in total. The van der Waals surface area contributed by atoms with Crippen molar-refractivity contribution in [3.8, 4) is 0 Å². The van der Waals surface area contributed by atoms with Crippen LogP contribution in [0.5, 0.6) is 0 Å². The van der Waals surface area contributed by atoms with Crippen LogP contribution in [0.2, 0.25) is 0 Å². The minimum atomic E-state index is -1.11. The van der Waals surface area contributed by atoms with Crippen LogP contribution >= 0.6 is 0 Å². The monoisotopic (exact) mass is 202 g/mol. The minimum absolute atomic E-state index is 0.105. The average molecular weight is 202 g/mol. The number of carboxylic acids is 1. The van der Waals surface area contributed by atoms with E-state index < -0.39 is 18.4 Å². The lowest BCUT2D eigenvalue weighted by atomic mass is 10.4. The van der Waals surface area contributed by atoms with E-state index in [4.69, 9.17) is 10.8 Å². The van der Waals surface area contributed by atoms with E-state index in [0.29, 0.717) is 0 Å². The van der Waals surface area contributed by atoms with Crippen molar-refractivity contribution in [2.45, 2.75) is 0 Å². The van der Waals surface area contributed by atoms with Crippen LogP contribution in [0.3, 0.4) is 0 Å². The summed E-state index contributed by atoms with van der Waals surface area (Å²) in [4.78, 5) is 21.4. The van der Waals surface area contributed by atoms with E-state index in [1.807, 2.05) is 0 Å². The van der Waals surface area contributed by atoms with E-state index in [-0.39, 0.29) is 11.5 Å². The van der Waals surface area contributed by atoms with Gasteiger partial charge in [0.2, 0.25) is 0 Å². The molecule has 14 heavy (non-hydrogen) atoms. The van der Waals surface area contributed by atoms with Crippen molar-refractivity contribution in [1.82, 2.24) is 16.0 Å². The maximum Gasteiger partial charge on any atom is 0.322 e. The third-order valence-corrected chi connectivity index (χ3v) is 1.42. The number of carboxylic acid groups (broad SMARTS) is 1. The van der Waals surface area contributed by atoms with Gasteiger partial charge in [0.15, 0.2) is 0 Å². The molecule has 0 heterocycles. The quantitative estimate of drug-likeness (QED) is 0.322. The molecule has 0 saturated carbocycles. The second kappa shape index (κ2) is 5.68. The summed E-state index contributed by atoms with van der Waals surface area (Å²) >= 11 is 0. The molecule has 0 bridgehead atoms. The fourth-order valence-corrected chi connectivity index (χ4v) is 0.740. The van der Waals surface area contributed by atoms with E-state index in [0.717, 1.165) is 0 Å². The lowest BCUT2D eigenvalue weighted by Crippen LogP contribution is -2.37. The fourth-order valence-electron chi connectivity index (χ4n) is 0.740. The number of carbonyl (C=O) groups excluding carboxylic acids is 1. The first-order chi connectivity index (χ1) is 6.52. The Morgan fingerprint density at radius 1 is 1.29 bits per heavy atom. The number of rotatable bonds is 5. The Kier molecular flexibility index (Phi) is 4.90. The maximum atomic E-state index is 11.3.